The second-order valence-electron chi connectivity index (χ2n) is 5.00. The molecule has 2 heterocycles. The van der Waals surface area contributed by atoms with E-state index >= 15 is 0 Å². The number of likely N-dealkylation sites (tertiary alicyclic amines) is 1. The number of furan rings is 1. The Bertz CT molecular complexity index is 469. The Kier molecular flexibility index (Phi) is 4.21. The summed E-state index contributed by atoms with van der Waals surface area (Å²) in [6.07, 6.45) is 3.92. The maximum absolute atomic E-state index is 12.0. The van der Waals surface area contributed by atoms with E-state index in [1.165, 1.54) is 6.26 Å². The summed E-state index contributed by atoms with van der Waals surface area (Å²) >= 11 is 0. The third-order valence-corrected chi connectivity index (χ3v) is 3.54. The van der Waals surface area contributed by atoms with E-state index in [0.717, 1.165) is 19.4 Å². The molecule has 0 radical (unpaired) electrons. The summed E-state index contributed by atoms with van der Waals surface area (Å²) in [4.78, 5) is 25.3. The minimum Gasteiger partial charge on any atom is -0.459 e. The fourth-order valence-electron chi connectivity index (χ4n) is 2.27. The highest BCUT2D eigenvalue weighted by Crippen LogP contribution is 2.20. The molecule has 104 valence electrons. The number of carbonyl (C=O) groups is 2. The summed E-state index contributed by atoms with van der Waals surface area (Å²) in [5.74, 6) is 5.48. The molecule has 6 nitrogen and oxygen atoms in total. The maximum atomic E-state index is 12.0. The fraction of sp³-hybridized carbons (Fsp3) is 0.538. The highest BCUT2D eigenvalue weighted by Gasteiger charge is 2.23. The van der Waals surface area contributed by atoms with Crippen LogP contribution in [0.3, 0.4) is 0 Å². The lowest BCUT2D eigenvalue weighted by Gasteiger charge is -2.20. The Balaban J connectivity index is 2.10. The van der Waals surface area contributed by atoms with E-state index in [4.69, 9.17) is 10.3 Å². The van der Waals surface area contributed by atoms with E-state index < -0.39 is 5.91 Å². The lowest BCUT2D eigenvalue weighted by molar-refractivity contribution is -0.131. The average molecular weight is 265 g/mol. The van der Waals surface area contributed by atoms with Crippen molar-refractivity contribution < 1.29 is 14.0 Å². The van der Waals surface area contributed by atoms with Gasteiger partial charge in [-0.25, -0.2) is 5.84 Å². The zero-order chi connectivity index (χ0) is 13.8. The van der Waals surface area contributed by atoms with Gasteiger partial charge in [0.15, 0.2) is 5.76 Å². The van der Waals surface area contributed by atoms with E-state index in [0.29, 0.717) is 24.4 Å². The van der Waals surface area contributed by atoms with Crippen LogP contribution >= 0.6 is 0 Å². The van der Waals surface area contributed by atoms with Crippen LogP contribution in [0.15, 0.2) is 16.7 Å². The molecule has 1 aromatic rings. The number of nitrogens with two attached hydrogens (primary N) is 1. The molecule has 19 heavy (non-hydrogen) atoms. The van der Waals surface area contributed by atoms with Crippen LogP contribution in [-0.2, 0) is 11.3 Å². The summed E-state index contributed by atoms with van der Waals surface area (Å²) < 4.78 is 5.12. The summed E-state index contributed by atoms with van der Waals surface area (Å²) in [5, 5.41) is 0. The molecule has 6 heteroatoms. The van der Waals surface area contributed by atoms with Crippen LogP contribution in [0.5, 0.6) is 0 Å². The van der Waals surface area contributed by atoms with Crippen LogP contribution in [0.2, 0.25) is 0 Å². The lowest BCUT2D eigenvalue weighted by atomic mass is 10.0. The predicted molar refractivity (Wildman–Crippen MR) is 68.8 cm³/mol. The Morgan fingerprint density at radius 1 is 1.58 bits per heavy atom. The van der Waals surface area contributed by atoms with E-state index in [-0.39, 0.29) is 11.7 Å². The number of hydrazine groups is 1. The van der Waals surface area contributed by atoms with Crippen molar-refractivity contribution in [3.8, 4) is 0 Å². The Morgan fingerprint density at radius 2 is 2.37 bits per heavy atom. The van der Waals surface area contributed by atoms with Gasteiger partial charge in [-0.05, 0) is 24.8 Å². The second kappa shape index (κ2) is 5.88. The standard InChI is InChI=1S/C13H19N3O3/c1-9-2-3-11(17)16(6-4-9)8-10-5-7-19-12(10)13(18)15-14/h5,7,9H,2-4,6,8,14H2,1H3,(H,15,18). The maximum Gasteiger partial charge on any atom is 0.301 e. The molecule has 1 fully saturated rings. The summed E-state index contributed by atoms with van der Waals surface area (Å²) in [6, 6.07) is 1.70. The van der Waals surface area contributed by atoms with Crippen molar-refractivity contribution in [1.29, 1.82) is 0 Å². The largest absolute Gasteiger partial charge is 0.459 e. The van der Waals surface area contributed by atoms with E-state index in [1.54, 1.807) is 11.0 Å². The summed E-state index contributed by atoms with van der Waals surface area (Å²) in [7, 11) is 0. The van der Waals surface area contributed by atoms with Gasteiger partial charge in [0.05, 0.1) is 6.26 Å². The van der Waals surface area contributed by atoms with Gasteiger partial charge in [-0.1, -0.05) is 6.92 Å². The van der Waals surface area contributed by atoms with Crippen LogP contribution in [-0.4, -0.2) is 23.3 Å². The molecule has 0 saturated carbocycles. The first kappa shape index (κ1) is 13.6. The van der Waals surface area contributed by atoms with Crippen molar-refractivity contribution in [2.75, 3.05) is 6.54 Å². The van der Waals surface area contributed by atoms with Crippen molar-refractivity contribution >= 4 is 11.8 Å². The third kappa shape index (κ3) is 3.14. The number of nitrogens with one attached hydrogen (secondary N) is 1. The van der Waals surface area contributed by atoms with Gasteiger partial charge < -0.3 is 9.32 Å². The quantitative estimate of drug-likeness (QED) is 0.485. The molecule has 1 atom stereocenters. The molecular formula is C13H19N3O3. The number of rotatable bonds is 3. The van der Waals surface area contributed by atoms with Gasteiger partial charge in [0, 0.05) is 25.1 Å². The highest BCUT2D eigenvalue weighted by molar-refractivity contribution is 5.92. The molecule has 1 aromatic heterocycles. The highest BCUT2D eigenvalue weighted by atomic mass is 16.3. The van der Waals surface area contributed by atoms with Crippen LogP contribution in [0.25, 0.3) is 0 Å². The summed E-state index contributed by atoms with van der Waals surface area (Å²) in [6.45, 7) is 3.27. The van der Waals surface area contributed by atoms with Gasteiger partial charge in [0.1, 0.15) is 0 Å². The molecule has 0 spiro atoms. The van der Waals surface area contributed by atoms with E-state index in [9.17, 15) is 9.59 Å². The lowest BCUT2D eigenvalue weighted by Crippen LogP contribution is -2.33. The average Bonchev–Trinajstić information content (AvgIpc) is 2.81. The van der Waals surface area contributed by atoms with Gasteiger partial charge in [-0.2, -0.15) is 0 Å². The number of hydrogen-bond acceptors (Lipinski definition) is 4. The van der Waals surface area contributed by atoms with E-state index in [2.05, 4.69) is 6.92 Å². The molecule has 1 aliphatic heterocycles. The second-order valence-corrected chi connectivity index (χ2v) is 5.00. The minimum absolute atomic E-state index is 0.129. The van der Waals surface area contributed by atoms with Crippen molar-refractivity contribution in [3.05, 3.63) is 23.7 Å². The Labute approximate surface area is 111 Å². The van der Waals surface area contributed by atoms with Gasteiger partial charge in [0.2, 0.25) is 5.91 Å². The van der Waals surface area contributed by atoms with Crippen molar-refractivity contribution in [2.45, 2.75) is 32.7 Å². The molecule has 1 saturated heterocycles. The van der Waals surface area contributed by atoms with Gasteiger partial charge in [-0.15, -0.1) is 0 Å². The van der Waals surface area contributed by atoms with Gasteiger partial charge in [-0.3, -0.25) is 15.0 Å². The van der Waals surface area contributed by atoms with Crippen LogP contribution < -0.4 is 11.3 Å². The Hall–Kier alpha value is -1.82. The summed E-state index contributed by atoms with van der Waals surface area (Å²) in [5.41, 5.74) is 2.73. The molecule has 1 aliphatic rings. The first-order valence-corrected chi connectivity index (χ1v) is 6.47. The molecule has 0 bridgehead atoms. The number of amides is 2. The van der Waals surface area contributed by atoms with Gasteiger partial charge in [0.25, 0.3) is 0 Å². The molecular weight excluding hydrogens is 246 g/mol. The van der Waals surface area contributed by atoms with Crippen LogP contribution in [0.4, 0.5) is 0 Å². The Morgan fingerprint density at radius 3 is 3.11 bits per heavy atom. The normalized spacial score (nSPS) is 20.2. The molecule has 1 unspecified atom stereocenters. The first-order valence-electron chi connectivity index (χ1n) is 6.47. The molecule has 3 N–H and O–H groups in total. The van der Waals surface area contributed by atoms with Crippen LogP contribution in [0, 0.1) is 5.92 Å². The third-order valence-electron chi connectivity index (χ3n) is 3.54. The van der Waals surface area contributed by atoms with Gasteiger partial charge >= 0.3 is 5.91 Å². The monoisotopic (exact) mass is 265 g/mol. The minimum atomic E-state index is -0.476. The molecule has 0 aliphatic carbocycles. The zero-order valence-corrected chi connectivity index (χ0v) is 11.0. The van der Waals surface area contributed by atoms with Crippen molar-refractivity contribution in [2.24, 2.45) is 11.8 Å². The fourth-order valence-corrected chi connectivity index (χ4v) is 2.27. The first-order chi connectivity index (χ1) is 9.11. The van der Waals surface area contributed by atoms with Crippen molar-refractivity contribution in [3.63, 3.8) is 0 Å². The number of nitrogen functional groups attached to an aromatic ring is 1. The number of hydrogen-bond donors (Lipinski definition) is 2. The smallest absolute Gasteiger partial charge is 0.301 e. The number of carbonyl (C=O) groups excluding carboxylic acids is 2. The molecule has 0 aromatic carbocycles. The topological polar surface area (TPSA) is 88.6 Å². The van der Waals surface area contributed by atoms with Crippen molar-refractivity contribution in [1.82, 2.24) is 10.3 Å². The SMILES string of the molecule is CC1CCC(=O)N(Cc2ccoc2C(=O)NN)CC1. The van der Waals surface area contributed by atoms with Crippen LogP contribution in [0.1, 0.15) is 42.3 Å². The van der Waals surface area contributed by atoms with E-state index in [1.807, 2.05) is 5.43 Å². The molecule has 2 amide bonds. The molecule has 2 rings (SSSR count). The zero-order valence-electron chi connectivity index (χ0n) is 11.0. The number of nitrogens with zero attached hydrogens (tertiary/aromatic N) is 1. The predicted octanol–water partition coefficient (Wildman–Crippen LogP) is 1.03.